The van der Waals surface area contributed by atoms with Crippen LogP contribution in [0.15, 0.2) is 74.9 Å². The number of hydrogen-bond acceptors (Lipinski definition) is 8. The van der Waals surface area contributed by atoms with E-state index in [0.29, 0.717) is 24.3 Å². The molecule has 184 valence electrons. The lowest BCUT2D eigenvalue weighted by Crippen LogP contribution is -2.42. The number of aromatic nitrogens is 5. The lowest BCUT2D eigenvalue weighted by Gasteiger charge is -2.12. The molecule has 5 rings (SSSR count). The first-order valence-electron chi connectivity index (χ1n) is 11.3. The largest absolute Gasteiger partial charge is 0.454 e. The summed E-state index contributed by atoms with van der Waals surface area (Å²) in [5.41, 5.74) is 1.20. The van der Waals surface area contributed by atoms with Gasteiger partial charge in [-0.25, -0.2) is 19.3 Å². The fourth-order valence-electron chi connectivity index (χ4n) is 3.94. The van der Waals surface area contributed by atoms with Gasteiger partial charge in [0.1, 0.15) is 12.1 Å². The highest BCUT2D eigenvalue weighted by molar-refractivity contribution is 5.73. The number of rotatable bonds is 9. The Hall–Kier alpha value is -4.51. The van der Waals surface area contributed by atoms with Crippen LogP contribution >= 0.6 is 0 Å². The van der Waals surface area contributed by atoms with Crippen LogP contribution in [0.25, 0.3) is 22.3 Å². The SMILES string of the molecule is COCCn1cnc2c1c(=O)n(CC(=O)OCc1nc3ccccc3o1)c(=O)n2Cc1ccccc1. The van der Waals surface area contributed by atoms with Crippen LogP contribution in [0.1, 0.15) is 11.5 Å². The Morgan fingerprint density at radius 1 is 1.03 bits per heavy atom. The maximum absolute atomic E-state index is 13.4. The third kappa shape index (κ3) is 4.56. The van der Waals surface area contributed by atoms with Crippen molar-refractivity contribution in [3.63, 3.8) is 0 Å². The second-order valence-corrected chi connectivity index (χ2v) is 8.08. The molecule has 3 aromatic heterocycles. The fraction of sp³-hybridized carbons (Fsp3) is 0.240. The predicted molar refractivity (Wildman–Crippen MR) is 129 cm³/mol. The molecular formula is C25H23N5O6. The maximum atomic E-state index is 13.4. The van der Waals surface area contributed by atoms with Crippen molar-refractivity contribution in [2.24, 2.45) is 0 Å². The van der Waals surface area contributed by atoms with Crippen LogP contribution in [-0.2, 0) is 40.5 Å². The van der Waals surface area contributed by atoms with Crippen LogP contribution in [0.5, 0.6) is 0 Å². The van der Waals surface area contributed by atoms with Crippen molar-refractivity contribution in [1.82, 2.24) is 23.7 Å². The Morgan fingerprint density at radius 3 is 2.58 bits per heavy atom. The molecule has 0 N–H and O–H groups in total. The molecule has 0 unspecified atom stereocenters. The zero-order valence-corrected chi connectivity index (χ0v) is 19.5. The molecular weight excluding hydrogens is 466 g/mol. The summed E-state index contributed by atoms with van der Waals surface area (Å²) in [6.07, 6.45) is 1.49. The predicted octanol–water partition coefficient (Wildman–Crippen LogP) is 1.94. The second-order valence-electron chi connectivity index (χ2n) is 8.08. The van der Waals surface area contributed by atoms with Crippen LogP contribution in [0.4, 0.5) is 0 Å². The number of imidazole rings is 1. The summed E-state index contributed by atoms with van der Waals surface area (Å²) in [6.45, 7) is 0.0749. The van der Waals surface area contributed by atoms with Gasteiger partial charge in [-0.05, 0) is 17.7 Å². The van der Waals surface area contributed by atoms with Gasteiger partial charge in [-0.3, -0.25) is 14.2 Å². The number of nitrogens with zero attached hydrogens (tertiary/aromatic N) is 5. The number of ether oxygens (including phenoxy) is 2. The summed E-state index contributed by atoms with van der Waals surface area (Å²) in [5.74, 6) is -0.559. The van der Waals surface area contributed by atoms with E-state index in [4.69, 9.17) is 13.9 Å². The van der Waals surface area contributed by atoms with Crippen molar-refractivity contribution in [1.29, 1.82) is 0 Å². The van der Waals surface area contributed by atoms with Crippen molar-refractivity contribution < 1.29 is 18.7 Å². The average Bonchev–Trinajstić information content (AvgIpc) is 3.51. The van der Waals surface area contributed by atoms with E-state index in [-0.39, 0.29) is 30.2 Å². The minimum Gasteiger partial charge on any atom is -0.454 e. The molecule has 0 aliphatic carbocycles. The smallest absolute Gasteiger partial charge is 0.333 e. The van der Waals surface area contributed by atoms with Crippen LogP contribution in [0, 0.1) is 0 Å². The summed E-state index contributed by atoms with van der Waals surface area (Å²) in [7, 11) is 1.55. The van der Waals surface area contributed by atoms with Gasteiger partial charge in [-0.2, -0.15) is 0 Å². The number of carbonyl (C=O) groups excluding carboxylic acids is 1. The van der Waals surface area contributed by atoms with Crippen molar-refractivity contribution in [3.8, 4) is 0 Å². The Balaban J connectivity index is 1.47. The van der Waals surface area contributed by atoms with Gasteiger partial charge in [-0.1, -0.05) is 42.5 Å². The van der Waals surface area contributed by atoms with Crippen molar-refractivity contribution in [2.75, 3.05) is 13.7 Å². The molecule has 0 aliphatic heterocycles. The van der Waals surface area contributed by atoms with Gasteiger partial charge in [0.25, 0.3) is 5.56 Å². The molecule has 0 spiro atoms. The number of carbonyl (C=O) groups is 1. The summed E-state index contributed by atoms with van der Waals surface area (Å²) >= 11 is 0. The molecule has 0 saturated carbocycles. The third-order valence-corrected chi connectivity index (χ3v) is 5.69. The van der Waals surface area contributed by atoms with Gasteiger partial charge in [0.2, 0.25) is 5.89 Å². The Kier molecular flexibility index (Phi) is 6.46. The molecule has 0 aliphatic rings. The molecule has 5 aromatic rings. The first kappa shape index (κ1) is 23.2. The zero-order valence-electron chi connectivity index (χ0n) is 19.5. The molecule has 0 bridgehead atoms. The lowest BCUT2D eigenvalue weighted by atomic mass is 10.2. The molecule has 2 aromatic carbocycles. The van der Waals surface area contributed by atoms with E-state index in [0.717, 1.165) is 10.1 Å². The summed E-state index contributed by atoms with van der Waals surface area (Å²) in [5, 5.41) is 0. The Morgan fingerprint density at radius 2 is 1.81 bits per heavy atom. The topological polar surface area (TPSA) is 123 Å². The molecule has 0 amide bonds. The van der Waals surface area contributed by atoms with Gasteiger partial charge in [0.05, 0.1) is 19.5 Å². The third-order valence-electron chi connectivity index (χ3n) is 5.69. The Bertz CT molecular complexity index is 1610. The number of fused-ring (bicyclic) bond motifs is 2. The Labute approximate surface area is 204 Å². The summed E-state index contributed by atoms with van der Waals surface area (Å²) < 4.78 is 19.8. The highest BCUT2D eigenvalue weighted by Gasteiger charge is 2.21. The van der Waals surface area contributed by atoms with Crippen LogP contribution in [0.3, 0.4) is 0 Å². The quantitative estimate of drug-likeness (QED) is 0.288. The van der Waals surface area contributed by atoms with Gasteiger partial charge < -0.3 is 18.5 Å². The standard InChI is InChI=1S/C25H23N5O6/c1-34-12-11-28-16-26-23-22(28)24(32)30(25(33)29(23)13-17-7-3-2-4-8-17)14-21(31)35-15-20-27-18-9-5-6-10-19(18)36-20/h2-10,16H,11-15H2,1H3. The monoisotopic (exact) mass is 489 g/mol. The lowest BCUT2D eigenvalue weighted by molar-refractivity contribution is -0.146. The number of para-hydroxylation sites is 2. The molecule has 11 nitrogen and oxygen atoms in total. The van der Waals surface area contributed by atoms with E-state index < -0.39 is 23.8 Å². The summed E-state index contributed by atoms with van der Waals surface area (Å²) in [4.78, 5) is 48.0. The van der Waals surface area contributed by atoms with Crippen LogP contribution in [-0.4, -0.2) is 43.4 Å². The highest BCUT2D eigenvalue weighted by Crippen LogP contribution is 2.15. The van der Waals surface area contributed by atoms with Crippen molar-refractivity contribution >= 4 is 28.2 Å². The van der Waals surface area contributed by atoms with E-state index in [9.17, 15) is 14.4 Å². The molecule has 0 fully saturated rings. The van der Waals surface area contributed by atoms with E-state index in [1.165, 1.54) is 10.9 Å². The number of oxazole rings is 1. The second kappa shape index (κ2) is 10.0. The molecule has 0 radical (unpaired) electrons. The number of hydrogen-bond donors (Lipinski definition) is 0. The molecule has 3 heterocycles. The maximum Gasteiger partial charge on any atom is 0.333 e. The van der Waals surface area contributed by atoms with Crippen LogP contribution in [0.2, 0.25) is 0 Å². The minimum atomic E-state index is -0.773. The van der Waals surface area contributed by atoms with Gasteiger partial charge in [-0.15, -0.1) is 0 Å². The summed E-state index contributed by atoms with van der Waals surface area (Å²) in [6, 6.07) is 16.5. The van der Waals surface area contributed by atoms with Crippen LogP contribution < -0.4 is 11.2 Å². The first-order valence-corrected chi connectivity index (χ1v) is 11.3. The number of benzene rings is 2. The van der Waals surface area contributed by atoms with E-state index in [2.05, 4.69) is 9.97 Å². The molecule has 36 heavy (non-hydrogen) atoms. The molecule has 0 saturated heterocycles. The van der Waals surface area contributed by atoms with E-state index in [1.807, 2.05) is 42.5 Å². The first-order chi connectivity index (χ1) is 17.5. The number of esters is 1. The van der Waals surface area contributed by atoms with Gasteiger partial charge >= 0.3 is 11.7 Å². The number of methoxy groups -OCH3 is 1. The minimum absolute atomic E-state index is 0.176. The van der Waals surface area contributed by atoms with Crippen molar-refractivity contribution in [2.45, 2.75) is 26.2 Å². The zero-order chi connectivity index (χ0) is 25.1. The van der Waals surface area contributed by atoms with E-state index >= 15 is 0 Å². The molecule has 0 atom stereocenters. The average molecular weight is 489 g/mol. The van der Waals surface area contributed by atoms with Crippen molar-refractivity contribution in [3.05, 3.63) is 93.2 Å². The van der Waals surface area contributed by atoms with Gasteiger partial charge in [0, 0.05) is 13.7 Å². The fourth-order valence-corrected chi connectivity index (χ4v) is 3.94. The highest BCUT2D eigenvalue weighted by atomic mass is 16.5. The molecule has 11 heteroatoms. The van der Waals surface area contributed by atoms with E-state index in [1.54, 1.807) is 23.8 Å². The normalized spacial score (nSPS) is 11.4. The van der Waals surface area contributed by atoms with Gasteiger partial charge in [0.15, 0.2) is 23.4 Å².